The van der Waals surface area contributed by atoms with Gasteiger partial charge < -0.3 is 24.5 Å². The van der Waals surface area contributed by atoms with Gasteiger partial charge >= 0.3 is 18.0 Å². The Kier molecular flexibility index (Phi) is 5.97. The lowest BCUT2D eigenvalue weighted by molar-refractivity contribution is -0.141. The third-order valence-corrected chi connectivity index (χ3v) is 3.10. The van der Waals surface area contributed by atoms with Crippen LogP contribution in [0.25, 0.3) is 0 Å². The zero-order valence-corrected chi connectivity index (χ0v) is 13.0. The summed E-state index contributed by atoms with van der Waals surface area (Å²) in [5.74, 6) is -1.32. The zero-order valence-electron chi connectivity index (χ0n) is 13.0. The molecule has 122 valence electrons. The molecule has 1 aromatic heterocycles. The van der Waals surface area contributed by atoms with Crippen LogP contribution in [0.4, 0.5) is 4.79 Å². The van der Waals surface area contributed by atoms with E-state index in [2.05, 4.69) is 10.1 Å². The van der Waals surface area contributed by atoms with Crippen molar-refractivity contribution in [2.75, 3.05) is 20.7 Å². The Morgan fingerprint density at radius 3 is 2.64 bits per heavy atom. The number of methoxy groups -OCH3 is 1. The number of nitrogens with zero attached hydrogens (tertiary/aromatic N) is 1. The van der Waals surface area contributed by atoms with Crippen LogP contribution in [0.15, 0.2) is 10.5 Å². The average molecular weight is 312 g/mol. The van der Waals surface area contributed by atoms with Crippen LogP contribution in [0.5, 0.6) is 0 Å². The van der Waals surface area contributed by atoms with E-state index in [1.807, 2.05) is 0 Å². The number of carboxylic acids is 1. The fourth-order valence-corrected chi connectivity index (χ4v) is 1.81. The lowest BCUT2D eigenvalue weighted by atomic mass is 10.2. The molecule has 0 bridgehead atoms. The van der Waals surface area contributed by atoms with Gasteiger partial charge in [-0.3, -0.25) is 4.79 Å². The van der Waals surface area contributed by atoms with Crippen LogP contribution >= 0.6 is 0 Å². The van der Waals surface area contributed by atoms with Gasteiger partial charge in [0.2, 0.25) is 0 Å². The van der Waals surface area contributed by atoms with Gasteiger partial charge in [0, 0.05) is 13.6 Å². The molecule has 8 heteroatoms. The first-order chi connectivity index (χ1) is 10.3. The van der Waals surface area contributed by atoms with Crippen molar-refractivity contribution >= 4 is 18.0 Å². The minimum atomic E-state index is -0.968. The minimum absolute atomic E-state index is 0.0858. The molecule has 8 nitrogen and oxygen atoms in total. The van der Waals surface area contributed by atoms with E-state index >= 15 is 0 Å². The Hall–Kier alpha value is -2.51. The van der Waals surface area contributed by atoms with Gasteiger partial charge in [-0.15, -0.1) is 0 Å². The van der Waals surface area contributed by atoms with Crippen LogP contribution < -0.4 is 5.32 Å². The van der Waals surface area contributed by atoms with Gasteiger partial charge in [-0.2, -0.15) is 0 Å². The molecular weight excluding hydrogens is 292 g/mol. The number of rotatable bonds is 6. The van der Waals surface area contributed by atoms with E-state index in [-0.39, 0.29) is 13.1 Å². The molecule has 1 atom stereocenters. The second-order valence-electron chi connectivity index (χ2n) is 4.95. The van der Waals surface area contributed by atoms with Crippen molar-refractivity contribution in [1.29, 1.82) is 0 Å². The number of furan rings is 1. The Labute approximate surface area is 128 Å². The van der Waals surface area contributed by atoms with Crippen LogP contribution in [0.3, 0.4) is 0 Å². The van der Waals surface area contributed by atoms with Crippen LogP contribution in [0, 0.1) is 12.8 Å². The number of carbonyl (C=O) groups is 3. The van der Waals surface area contributed by atoms with E-state index < -0.39 is 23.9 Å². The number of nitrogens with one attached hydrogen (secondary N) is 1. The quantitative estimate of drug-likeness (QED) is 0.765. The van der Waals surface area contributed by atoms with Crippen molar-refractivity contribution < 1.29 is 28.6 Å². The third-order valence-electron chi connectivity index (χ3n) is 3.10. The number of hydrogen-bond donors (Lipinski definition) is 2. The standard InChI is InChI=1S/C14H20N2O6/c1-8(12(17)18)7-16(3)14(20)15-6-10-5-11(9(2)22-10)13(19)21-4/h5,8H,6-7H2,1-4H3,(H,15,20)(H,17,18). The molecular formula is C14H20N2O6. The molecule has 0 radical (unpaired) electrons. The van der Waals surface area contributed by atoms with Gasteiger partial charge in [-0.1, -0.05) is 6.92 Å². The molecule has 1 heterocycles. The molecule has 22 heavy (non-hydrogen) atoms. The smallest absolute Gasteiger partial charge is 0.341 e. The number of urea groups is 1. The van der Waals surface area contributed by atoms with Crippen molar-refractivity contribution in [2.45, 2.75) is 20.4 Å². The van der Waals surface area contributed by atoms with Gasteiger partial charge in [0.15, 0.2) is 0 Å². The fraction of sp³-hybridized carbons (Fsp3) is 0.500. The van der Waals surface area contributed by atoms with Crippen molar-refractivity contribution in [3.63, 3.8) is 0 Å². The Bertz CT molecular complexity index is 566. The second kappa shape index (κ2) is 7.48. The largest absolute Gasteiger partial charge is 0.481 e. The van der Waals surface area contributed by atoms with E-state index in [0.717, 1.165) is 0 Å². The normalized spacial score (nSPS) is 11.6. The number of aliphatic carboxylic acids is 1. The highest BCUT2D eigenvalue weighted by Gasteiger charge is 2.19. The van der Waals surface area contributed by atoms with Crippen molar-refractivity contribution in [3.05, 3.63) is 23.2 Å². The predicted octanol–water partition coefficient (Wildman–Crippen LogP) is 1.24. The van der Waals surface area contributed by atoms with Crippen molar-refractivity contribution in [1.82, 2.24) is 10.2 Å². The third kappa shape index (κ3) is 4.51. The Morgan fingerprint density at radius 2 is 2.09 bits per heavy atom. The molecule has 1 aromatic rings. The summed E-state index contributed by atoms with van der Waals surface area (Å²) in [5.41, 5.74) is 0.305. The number of carbonyl (C=O) groups excluding carboxylic acids is 2. The topological polar surface area (TPSA) is 109 Å². The summed E-state index contributed by atoms with van der Waals surface area (Å²) in [6, 6.07) is 1.07. The Balaban J connectivity index is 2.57. The number of hydrogen-bond acceptors (Lipinski definition) is 5. The van der Waals surface area contributed by atoms with Crippen LogP contribution in [-0.2, 0) is 16.1 Å². The first-order valence-corrected chi connectivity index (χ1v) is 6.65. The Morgan fingerprint density at radius 1 is 1.45 bits per heavy atom. The predicted molar refractivity (Wildman–Crippen MR) is 76.5 cm³/mol. The summed E-state index contributed by atoms with van der Waals surface area (Å²) in [4.78, 5) is 35.3. The molecule has 0 aliphatic carbocycles. The van der Waals surface area contributed by atoms with E-state index in [1.54, 1.807) is 6.92 Å². The van der Waals surface area contributed by atoms with Crippen LogP contribution in [0.1, 0.15) is 28.8 Å². The monoisotopic (exact) mass is 312 g/mol. The molecule has 2 N–H and O–H groups in total. The number of amides is 2. The van der Waals surface area contributed by atoms with E-state index in [0.29, 0.717) is 17.1 Å². The summed E-state index contributed by atoms with van der Waals surface area (Å²) in [6.45, 7) is 3.32. The van der Waals surface area contributed by atoms with E-state index in [1.165, 1.54) is 32.0 Å². The molecule has 0 spiro atoms. The lowest BCUT2D eigenvalue weighted by Crippen LogP contribution is -2.40. The second-order valence-corrected chi connectivity index (χ2v) is 4.95. The summed E-state index contributed by atoms with van der Waals surface area (Å²) in [6.07, 6.45) is 0. The molecule has 1 unspecified atom stereocenters. The van der Waals surface area contributed by atoms with Crippen molar-refractivity contribution in [2.24, 2.45) is 5.92 Å². The highest BCUT2D eigenvalue weighted by Crippen LogP contribution is 2.15. The van der Waals surface area contributed by atoms with Crippen LogP contribution in [0.2, 0.25) is 0 Å². The van der Waals surface area contributed by atoms with Gasteiger partial charge in [0.1, 0.15) is 17.1 Å². The van der Waals surface area contributed by atoms with Crippen molar-refractivity contribution in [3.8, 4) is 0 Å². The highest BCUT2D eigenvalue weighted by molar-refractivity contribution is 5.90. The van der Waals surface area contributed by atoms with Gasteiger partial charge in [0.05, 0.1) is 19.6 Å². The van der Waals surface area contributed by atoms with E-state index in [4.69, 9.17) is 9.52 Å². The van der Waals surface area contributed by atoms with Gasteiger partial charge in [-0.05, 0) is 13.0 Å². The number of carboxylic acid groups (broad SMARTS) is 1. The van der Waals surface area contributed by atoms with Gasteiger partial charge in [-0.25, -0.2) is 9.59 Å². The first-order valence-electron chi connectivity index (χ1n) is 6.65. The molecule has 0 aliphatic rings. The molecule has 2 amide bonds. The average Bonchev–Trinajstić information content (AvgIpc) is 2.84. The fourth-order valence-electron chi connectivity index (χ4n) is 1.81. The van der Waals surface area contributed by atoms with Crippen LogP contribution in [-0.4, -0.2) is 48.7 Å². The maximum Gasteiger partial charge on any atom is 0.341 e. The van der Waals surface area contributed by atoms with E-state index in [9.17, 15) is 14.4 Å². The molecule has 0 fully saturated rings. The molecule has 1 rings (SSSR count). The lowest BCUT2D eigenvalue weighted by Gasteiger charge is -2.19. The first kappa shape index (κ1) is 17.5. The maximum atomic E-state index is 11.8. The summed E-state index contributed by atoms with van der Waals surface area (Å²) >= 11 is 0. The molecule has 0 saturated carbocycles. The molecule has 0 aliphatic heterocycles. The number of ether oxygens (including phenoxy) is 1. The summed E-state index contributed by atoms with van der Waals surface area (Å²) in [7, 11) is 2.77. The zero-order chi connectivity index (χ0) is 16.9. The highest BCUT2D eigenvalue weighted by atomic mass is 16.5. The summed E-state index contributed by atoms with van der Waals surface area (Å²) in [5, 5.41) is 11.4. The number of aryl methyl sites for hydroxylation is 1. The summed E-state index contributed by atoms with van der Waals surface area (Å²) < 4.78 is 9.97. The van der Waals surface area contributed by atoms with Gasteiger partial charge in [0.25, 0.3) is 0 Å². The maximum absolute atomic E-state index is 11.8. The molecule has 0 aromatic carbocycles. The minimum Gasteiger partial charge on any atom is -0.481 e. The SMILES string of the molecule is COC(=O)c1cc(CNC(=O)N(C)CC(C)C(=O)O)oc1C. The molecule has 0 saturated heterocycles. The number of esters is 1.